The maximum absolute atomic E-state index is 6.22. The van der Waals surface area contributed by atoms with E-state index in [4.69, 9.17) is 2.50 Å². The fourth-order valence-corrected chi connectivity index (χ4v) is 8.33. The maximum atomic E-state index is 6.22. The second-order valence-electron chi connectivity index (χ2n) is 8.24. The van der Waals surface area contributed by atoms with Gasteiger partial charge in [0.05, 0.1) is 0 Å². The normalized spacial score (nSPS) is 15.4. The third kappa shape index (κ3) is 5.67. The van der Waals surface area contributed by atoms with Crippen LogP contribution in [-0.2, 0) is 31.6 Å². The van der Waals surface area contributed by atoms with Crippen LogP contribution < -0.4 is 24.8 Å². The molecule has 0 radical (unpaired) electrons. The van der Waals surface area contributed by atoms with E-state index in [1.165, 1.54) is 33.4 Å². The molecule has 144 valence electrons. The molecule has 3 rings (SSSR count). The van der Waals surface area contributed by atoms with Gasteiger partial charge in [-0.1, -0.05) is 0 Å². The molecule has 0 heterocycles. The largest absolute Gasteiger partial charge is 1.00 e. The van der Waals surface area contributed by atoms with Crippen molar-refractivity contribution >= 4 is 15.1 Å². The molecule has 1 aliphatic rings. The monoisotopic (exact) mass is 496 g/mol. The summed E-state index contributed by atoms with van der Waals surface area (Å²) >= 11 is -0.850. The minimum absolute atomic E-state index is 0. The van der Waals surface area contributed by atoms with Crippen molar-refractivity contribution in [3.05, 3.63) is 64.7 Å². The molecule has 27 heavy (non-hydrogen) atoms. The van der Waals surface area contributed by atoms with Gasteiger partial charge >= 0.3 is 167 Å². The van der Waals surface area contributed by atoms with E-state index in [0.29, 0.717) is 3.63 Å². The van der Waals surface area contributed by atoms with E-state index in [1.807, 2.05) is 0 Å². The van der Waals surface area contributed by atoms with E-state index in [2.05, 4.69) is 89.3 Å². The van der Waals surface area contributed by atoms with E-state index in [0.717, 1.165) is 0 Å². The molecule has 1 aliphatic carbocycles. The Kier molecular flexibility index (Phi) is 9.24. The topological polar surface area (TPSA) is 9.23 Å². The van der Waals surface area contributed by atoms with Crippen LogP contribution in [0.2, 0.25) is 13.1 Å². The van der Waals surface area contributed by atoms with Gasteiger partial charge in [0.25, 0.3) is 0 Å². The summed E-state index contributed by atoms with van der Waals surface area (Å²) in [6.07, 6.45) is 2.40. The second kappa shape index (κ2) is 10.0. The van der Waals surface area contributed by atoms with Crippen molar-refractivity contribution < 1.29 is 51.0 Å². The van der Waals surface area contributed by atoms with Gasteiger partial charge in [0, 0.05) is 0 Å². The van der Waals surface area contributed by atoms with Crippen molar-refractivity contribution in [2.24, 2.45) is 0 Å². The maximum Gasteiger partial charge on any atom is -1.00 e. The van der Waals surface area contributed by atoms with E-state index < -0.39 is 32.7 Å². The molecule has 0 saturated heterocycles. The van der Waals surface area contributed by atoms with Crippen LogP contribution in [0.5, 0.6) is 0 Å². The van der Waals surface area contributed by atoms with Gasteiger partial charge in [-0.2, -0.15) is 0 Å². The minimum Gasteiger partial charge on any atom is -1.00 e. The zero-order valence-corrected chi connectivity index (χ0v) is 22.1. The second-order valence-corrected chi connectivity index (χ2v) is 14.3. The molecule has 0 amide bonds. The van der Waals surface area contributed by atoms with Gasteiger partial charge in [-0.25, -0.2) is 0 Å². The van der Waals surface area contributed by atoms with Crippen LogP contribution in [0.15, 0.2) is 48.0 Å². The van der Waals surface area contributed by atoms with Crippen LogP contribution in [0.3, 0.4) is 0 Å². The smallest absolute Gasteiger partial charge is 1.00 e. The van der Waals surface area contributed by atoms with Crippen molar-refractivity contribution in [1.29, 1.82) is 0 Å². The van der Waals surface area contributed by atoms with Crippen molar-refractivity contribution in [2.75, 3.05) is 0 Å². The molecular weight excluding hydrogens is 470 g/mol. The SMILES string of the molecule is CC1=Cc2c(-c3ccc(C(C)(C)C)cc3)cccc2[CH]1[Zr+2][O][SiH](C)C.[Cl-].[Cl-]. The first-order valence-electron chi connectivity index (χ1n) is 9.10. The third-order valence-corrected chi connectivity index (χ3v) is 12.3. The Morgan fingerprint density at radius 1 is 0.963 bits per heavy atom. The summed E-state index contributed by atoms with van der Waals surface area (Å²) in [5, 5.41) is 0. The Hall–Kier alpha value is -0.180. The fraction of sp³-hybridized carbons (Fsp3) is 0.364. The van der Waals surface area contributed by atoms with Crippen molar-refractivity contribution in [2.45, 2.75) is 49.8 Å². The standard InChI is InChI=1S/C20H21.C2H7OSi.2ClH.Zr/c1-14-12-16-6-5-7-18(19(16)13-14)15-8-10-17(11-9-15)20(2,3)4;1-4(2)3;;;/h5-13H,1-4H3;4H,1-2H3;2*1H;/q;-1;;;+3/p-2. The fourth-order valence-electron chi connectivity index (χ4n) is 3.31. The quantitative estimate of drug-likeness (QED) is 0.544. The summed E-state index contributed by atoms with van der Waals surface area (Å²) in [5.74, 6) is 0. The molecule has 0 aromatic heterocycles. The predicted octanol–water partition coefficient (Wildman–Crippen LogP) is 0.115. The van der Waals surface area contributed by atoms with Crippen LogP contribution in [0.1, 0.15) is 48.0 Å². The molecule has 0 fully saturated rings. The molecule has 2 aromatic rings. The minimum atomic E-state index is -0.914. The average molecular weight is 499 g/mol. The Bertz CT molecular complexity index is 795. The molecule has 2 aromatic carbocycles. The van der Waals surface area contributed by atoms with E-state index in [-0.39, 0.29) is 30.2 Å². The third-order valence-electron chi connectivity index (χ3n) is 4.76. The van der Waals surface area contributed by atoms with Gasteiger partial charge in [-0.3, -0.25) is 0 Å². The number of benzene rings is 2. The number of hydrogen-bond acceptors (Lipinski definition) is 1. The number of hydrogen-bond donors (Lipinski definition) is 0. The summed E-state index contributed by atoms with van der Waals surface area (Å²) in [7, 11) is -0.914. The molecular formula is C22H28Cl2OSiZr. The molecule has 5 heteroatoms. The Morgan fingerprint density at radius 3 is 2.15 bits per heavy atom. The molecule has 0 bridgehead atoms. The van der Waals surface area contributed by atoms with Crippen molar-refractivity contribution in [1.82, 2.24) is 0 Å². The molecule has 1 unspecified atom stereocenters. The van der Waals surface area contributed by atoms with Gasteiger partial charge in [0.1, 0.15) is 0 Å². The zero-order chi connectivity index (χ0) is 18.2. The molecule has 0 N–H and O–H groups in total. The Balaban J connectivity index is 0.00000182. The molecule has 1 atom stereocenters. The van der Waals surface area contributed by atoms with Crippen molar-refractivity contribution in [3.63, 3.8) is 0 Å². The molecule has 0 aliphatic heterocycles. The number of fused-ring (bicyclic) bond motifs is 1. The van der Waals surface area contributed by atoms with Crippen LogP contribution in [0.25, 0.3) is 17.2 Å². The number of halogens is 2. The number of allylic oxidation sites excluding steroid dienone is 1. The first-order valence-corrected chi connectivity index (χ1v) is 14.3. The van der Waals surface area contributed by atoms with E-state index >= 15 is 0 Å². The van der Waals surface area contributed by atoms with E-state index in [1.54, 1.807) is 0 Å². The first-order chi connectivity index (χ1) is 11.8. The summed E-state index contributed by atoms with van der Waals surface area (Å²) in [6.45, 7) is 13.6. The average Bonchev–Trinajstić information content (AvgIpc) is 2.87. The zero-order valence-electron chi connectivity index (χ0n) is 16.9. The predicted molar refractivity (Wildman–Crippen MR) is 107 cm³/mol. The first kappa shape index (κ1) is 24.9. The Labute approximate surface area is 190 Å². The number of rotatable bonds is 4. The van der Waals surface area contributed by atoms with Crippen LogP contribution >= 0.6 is 0 Å². The van der Waals surface area contributed by atoms with Crippen LogP contribution in [0.4, 0.5) is 0 Å². The van der Waals surface area contributed by atoms with Gasteiger partial charge in [-0.05, 0) is 0 Å². The van der Waals surface area contributed by atoms with Crippen LogP contribution in [0, 0.1) is 0 Å². The molecule has 0 saturated carbocycles. The summed E-state index contributed by atoms with van der Waals surface area (Å²) in [4.78, 5) is 0. The summed E-state index contributed by atoms with van der Waals surface area (Å²) in [6, 6.07) is 15.9. The Morgan fingerprint density at radius 2 is 1.59 bits per heavy atom. The van der Waals surface area contributed by atoms with Gasteiger partial charge in [-0.15, -0.1) is 0 Å². The van der Waals surface area contributed by atoms with Gasteiger partial charge in [0.2, 0.25) is 0 Å². The van der Waals surface area contributed by atoms with E-state index in [9.17, 15) is 0 Å². The van der Waals surface area contributed by atoms with Gasteiger partial charge < -0.3 is 24.8 Å². The van der Waals surface area contributed by atoms with Crippen molar-refractivity contribution in [3.8, 4) is 11.1 Å². The molecule has 1 nitrogen and oxygen atoms in total. The summed E-state index contributed by atoms with van der Waals surface area (Å²) in [5.41, 5.74) is 8.68. The summed E-state index contributed by atoms with van der Waals surface area (Å²) < 4.78 is 6.81. The van der Waals surface area contributed by atoms with Crippen LogP contribution in [-0.4, -0.2) is 9.04 Å². The van der Waals surface area contributed by atoms with Gasteiger partial charge in [0.15, 0.2) is 0 Å². The molecule has 0 spiro atoms.